The first-order valence-electron chi connectivity index (χ1n) is 12.8. The molecule has 0 saturated carbocycles. The summed E-state index contributed by atoms with van der Waals surface area (Å²) in [4.78, 5) is 20.9. The molecule has 1 spiro atoms. The fourth-order valence-electron chi connectivity index (χ4n) is 5.44. The van der Waals surface area contributed by atoms with Crippen LogP contribution in [0.4, 0.5) is 28.0 Å². The fraction of sp³-hybridized carbons (Fsp3) is 0.310. The Morgan fingerprint density at radius 1 is 1.12 bits per heavy atom. The number of nitrogens with one attached hydrogen (secondary N) is 1. The molecule has 2 aliphatic heterocycles. The quantitative estimate of drug-likeness (QED) is 0.268. The van der Waals surface area contributed by atoms with Crippen LogP contribution in [0.15, 0.2) is 66.9 Å². The summed E-state index contributed by atoms with van der Waals surface area (Å²) in [6, 6.07) is 13.6. The number of anilines is 1. The minimum atomic E-state index is -4.86. The van der Waals surface area contributed by atoms with E-state index in [0.717, 1.165) is 11.1 Å². The van der Waals surface area contributed by atoms with Crippen molar-refractivity contribution in [3.05, 3.63) is 94.5 Å². The Bertz CT molecular complexity index is 1390. The number of amides is 2. The van der Waals surface area contributed by atoms with Crippen LogP contribution in [0.25, 0.3) is 6.08 Å². The molecule has 0 atom stereocenters. The zero-order valence-electron chi connectivity index (χ0n) is 21.4. The van der Waals surface area contributed by atoms with Crippen LogP contribution >= 0.6 is 11.6 Å². The van der Waals surface area contributed by atoms with Crippen LogP contribution in [0, 0.1) is 5.82 Å². The normalized spacial score (nSPS) is 16.9. The lowest BCUT2D eigenvalue weighted by Gasteiger charge is -2.40. The lowest BCUT2D eigenvalue weighted by molar-refractivity contribution is -0.275. The summed E-state index contributed by atoms with van der Waals surface area (Å²) in [5.74, 6) is -0.570. The number of alkyl halides is 3. The average molecular weight is 575 g/mol. The third kappa shape index (κ3) is 6.39. The monoisotopic (exact) mass is 574 g/mol. The summed E-state index contributed by atoms with van der Waals surface area (Å²) in [5, 5.41) is 3.15. The smallest absolute Gasteiger partial charge is 0.405 e. The highest BCUT2D eigenvalue weighted by atomic mass is 35.5. The van der Waals surface area contributed by atoms with E-state index in [9.17, 15) is 22.4 Å². The third-order valence-electron chi connectivity index (χ3n) is 7.35. The average Bonchev–Trinajstić information content (AvgIpc) is 3.24. The highest BCUT2D eigenvalue weighted by molar-refractivity contribution is 6.29. The van der Waals surface area contributed by atoms with Crippen LogP contribution in [0.3, 0.4) is 0 Å². The number of pyridine rings is 1. The van der Waals surface area contributed by atoms with E-state index in [4.69, 9.17) is 11.6 Å². The summed E-state index contributed by atoms with van der Waals surface area (Å²) >= 11 is 5.94. The number of piperidine rings is 1. The number of nitrogens with zero attached hydrogens (tertiary/aromatic N) is 3. The van der Waals surface area contributed by atoms with E-state index in [1.807, 2.05) is 12.2 Å². The van der Waals surface area contributed by atoms with E-state index < -0.39 is 17.8 Å². The number of carbonyl (C=O) groups excluding carboxylic acids is 1. The van der Waals surface area contributed by atoms with Gasteiger partial charge >= 0.3 is 12.4 Å². The Labute approximate surface area is 234 Å². The number of benzene rings is 2. The number of rotatable bonds is 6. The number of urea groups is 1. The summed E-state index contributed by atoms with van der Waals surface area (Å²) in [6.07, 6.45) is 1.66. The second kappa shape index (κ2) is 11.5. The number of hydrogen-bond acceptors (Lipinski definition) is 4. The number of likely N-dealkylation sites (tertiary alicyclic amines) is 1. The first-order valence-corrected chi connectivity index (χ1v) is 13.2. The van der Waals surface area contributed by atoms with Gasteiger partial charge in [-0.15, -0.1) is 13.2 Å². The molecule has 2 aromatic carbocycles. The number of carbonyl (C=O) groups is 1. The minimum absolute atomic E-state index is 0.187. The molecular formula is C29H27ClF4N4O2. The number of hydrogen-bond donors (Lipinski definition) is 1. The van der Waals surface area contributed by atoms with Crippen molar-refractivity contribution >= 4 is 29.4 Å². The standard InChI is InChI=1S/C29H27ClF4N4O2/c30-25-17-21(10-13-35-25)18-36-27(39)38-19-28(26-23(38)4-1-5-24(26)40-29(32,33)34)11-15-37(16-12-28)14-2-3-20-6-8-22(31)9-7-20/h1-10,13,17H,11-12,14-16,18-19H2,(H,36,39). The highest BCUT2D eigenvalue weighted by Crippen LogP contribution is 2.52. The number of halogens is 5. The highest BCUT2D eigenvalue weighted by Gasteiger charge is 2.49. The molecule has 0 unspecified atom stereocenters. The SMILES string of the molecule is O=C(NCc1ccnc(Cl)c1)N1CC2(CCN(CC=Cc3ccc(F)cc3)CC2)c2c(OC(F)(F)F)cccc21. The number of ether oxygens (including phenoxy) is 1. The molecule has 3 aromatic rings. The van der Waals surface area contributed by atoms with E-state index in [1.54, 1.807) is 30.3 Å². The van der Waals surface area contributed by atoms with Crippen LogP contribution in [0.1, 0.15) is 29.5 Å². The van der Waals surface area contributed by atoms with Crippen molar-refractivity contribution in [3.63, 3.8) is 0 Å². The Morgan fingerprint density at radius 2 is 1.88 bits per heavy atom. The van der Waals surface area contributed by atoms with Gasteiger partial charge in [-0.1, -0.05) is 42.0 Å². The summed E-state index contributed by atoms with van der Waals surface area (Å²) in [6.45, 7) is 2.31. The molecule has 1 N–H and O–H groups in total. The zero-order chi connectivity index (χ0) is 28.3. The summed E-state index contributed by atoms with van der Waals surface area (Å²) in [5.41, 5.74) is 1.77. The lowest BCUT2D eigenvalue weighted by atomic mass is 9.74. The van der Waals surface area contributed by atoms with Crippen LogP contribution < -0.4 is 15.0 Å². The fourth-order valence-corrected chi connectivity index (χ4v) is 5.64. The first kappa shape index (κ1) is 27.9. The van der Waals surface area contributed by atoms with Crippen molar-refractivity contribution in [1.29, 1.82) is 0 Å². The number of fused-ring (bicyclic) bond motifs is 2. The maximum atomic E-state index is 13.4. The summed E-state index contributed by atoms with van der Waals surface area (Å²) < 4.78 is 57.7. The summed E-state index contributed by atoms with van der Waals surface area (Å²) in [7, 11) is 0. The second-order valence-electron chi connectivity index (χ2n) is 9.96. The van der Waals surface area contributed by atoms with Crippen molar-refractivity contribution in [2.45, 2.75) is 31.2 Å². The molecule has 11 heteroatoms. The second-order valence-corrected chi connectivity index (χ2v) is 10.4. The maximum absolute atomic E-state index is 13.4. The van der Waals surface area contributed by atoms with E-state index >= 15 is 0 Å². The third-order valence-corrected chi connectivity index (χ3v) is 7.56. The predicted molar refractivity (Wildman–Crippen MR) is 145 cm³/mol. The van der Waals surface area contributed by atoms with E-state index in [1.165, 1.54) is 35.4 Å². The van der Waals surface area contributed by atoms with Gasteiger partial charge in [-0.25, -0.2) is 14.2 Å². The van der Waals surface area contributed by atoms with Gasteiger partial charge in [0, 0.05) is 36.8 Å². The Hall–Kier alpha value is -3.63. The molecule has 1 saturated heterocycles. The van der Waals surface area contributed by atoms with Gasteiger partial charge in [0.2, 0.25) is 0 Å². The van der Waals surface area contributed by atoms with Crippen molar-refractivity contribution < 1.29 is 27.1 Å². The van der Waals surface area contributed by atoms with Gasteiger partial charge in [0.1, 0.15) is 16.7 Å². The van der Waals surface area contributed by atoms with Gasteiger partial charge in [-0.2, -0.15) is 0 Å². The molecule has 1 fully saturated rings. The van der Waals surface area contributed by atoms with Crippen LogP contribution in [-0.4, -0.2) is 48.5 Å². The molecule has 3 heterocycles. The van der Waals surface area contributed by atoms with E-state index in [2.05, 4.69) is 19.9 Å². The topological polar surface area (TPSA) is 57.7 Å². The minimum Gasteiger partial charge on any atom is -0.405 e. The van der Waals surface area contributed by atoms with E-state index in [0.29, 0.717) is 48.9 Å². The Balaban J connectivity index is 1.33. The van der Waals surface area contributed by atoms with Crippen LogP contribution in [0.2, 0.25) is 5.15 Å². The molecule has 6 nitrogen and oxygen atoms in total. The van der Waals surface area contributed by atoms with Crippen LogP contribution in [0.5, 0.6) is 5.75 Å². The van der Waals surface area contributed by atoms with Crippen molar-refractivity contribution in [2.75, 3.05) is 31.1 Å². The Morgan fingerprint density at radius 3 is 2.58 bits per heavy atom. The van der Waals surface area contributed by atoms with Crippen molar-refractivity contribution in [1.82, 2.24) is 15.2 Å². The molecule has 40 heavy (non-hydrogen) atoms. The first-order chi connectivity index (χ1) is 19.1. The molecular weight excluding hydrogens is 548 g/mol. The van der Waals surface area contributed by atoms with Crippen molar-refractivity contribution in [3.8, 4) is 5.75 Å². The molecule has 5 rings (SSSR count). The molecule has 2 amide bonds. The van der Waals surface area contributed by atoms with Gasteiger partial charge in [0.05, 0.1) is 5.69 Å². The molecule has 0 bridgehead atoms. The van der Waals surface area contributed by atoms with Crippen molar-refractivity contribution in [2.24, 2.45) is 0 Å². The number of aromatic nitrogens is 1. The van der Waals surface area contributed by atoms with Crippen LogP contribution in [-0.2, 0) is 12.0 Å². The zero-order valence-corrected chi connectivity index (χ0v) is 22.2. The lowest BCUT2D eigenvalue weighted by Crippen LogP contribution is -2.47. The molecule has 2 aliphatic rings. The van der Waals surface area contributed by atoms with Gasteiger partial charge in [-0.3, -0.25) is 9.80 Å². The van der Waals surface area contributed by atoms with Gasteiger partial charge < -0.3 is 10.1 Å². The van der Waals surface area contributed by atoms with Gasteiger partial charge in [0.15, 0.2) is 0 Å². The molecule has 0 aliphatic carbocycles. The maximum Gasteiger partial charge on any atom is 0.573 e. The van der Waals surface area contributed by atoms with Gasteiger partial charge in [0.25, 0.3) is 0 Å². The Kier molecular flexibility index (Phi) is 8.00. The van der Waals surface area contributed by atoms with E-state index in [-0.39, 0.29) is 24.7 Å². The predicted octanol–water partition coefficient (Wildman–Crippen LogP) is 6.55. The molecule has 210 valence electrons. The largest absolute Gasteiger partial charge is 0.573 e. The molecule has 1 aromatic heterocycles. The molecule has 0 radical (unpaired) electrons. The van der Waals surface area contributed by atoms with Gasteiger partial charge in [-0.05, 0) is 73.5 Å².